The molecule has 4 nitrogen and oxygen atoms in total. The smallest absolute Gasteiger partial charge is 0.236 e. The van der Waals surface area contributed by atoms with Gasteiger partial charge in [-0.05, 0) is 6.07 Å². The van der Waals surface area contributed by atoms with Crippen LogP contribution in [0.5, 0.6) is 5.75 Å². The van der Waals surface area contributed by atoms with Gasteiger partial charge in [0.15, 0.2) is 0 Å². The van der Waals surface area contributed by atoms with E-state index in [0.29, 0.717) is 6.61 Å². The van der Waals surface area contributed by atoms with Crippen LogP contribution in [0.15, 0.2) is 60.1 Å². The van der Waals surface area contributed by atoms with Gasteiger partial charge >= 0.3 is 0 Å². The summed E-state index contributed by atoms with van der Waals surface area (Å²) < 4.78 is 5.59. The number of nitrogens with zero attached hydrogens (tertiary/aromatic N) is 1. The standard InChI is InChI=1S/C18H14N2O2S/c21-17(14-10-22-15-9-5-4-8-13(14)15)20-18-16(19-11-23-18)12-6-2-1-3-7-12/h1-9,11,14H,10H2,(H,20,21)/t14-/m0/s1. The topological polar surface area (TPSA) is 51.2 Å². The Morgan fingerprint density at radius 2 is 1.91 bits per heavy atom. The highest BCUT2D eigenvalue weighted by atomic mass is 32.1. The third kappa shape index (κ3) is 2.59. The van der Waals surface area contributed by atoms with Crippen LogP contribution in [-0.2, 0) is 4.79 Å². The predicted molar refractivity (Wildman–Crippen MR) is 90.9 cm³/mol. The molecule has 0 aliphatic carbocycles. The number of carbonyl (C=O) groups is 1. The monoisotopic (exact) mass is 322 g/mol. The Morgan fingerprint density at radius 3 is 2.78 bits per heavy atom. The number of para-hydroxylation sites is 1. The van der Waals surface area contributed by atoms with Gasteiger partial charge in [0.2, 0.25) is 5.91 Å². The molecule has 0 saturated carbocycles. The molecule has 2 heterocycles. The van der Waals surface area contributed by atoms with Gasteiger partial charge in [-0.2, -0.15) is 0 Å². The van der Waals surface area contributed by atoms with Crippen LogP contribution in [0.3, 0.4) is 0 Å². The lowest BCUT2D eigenvalue weighted by atomic mass is 10.0. The second-order valence-electron chi connectivity index (χ2n) is 5.29. The van der Waals surface area contributed by atoms with Crippen molar-refractivity contribution in [3.05, 3.63) is 65.7 Å². The SMILES string of the molecule is O=C(Nc1scnc1-c1ccccc1)[C@H]1COc2ccccc21. The molecule has 0 spiro atoms. The molecular formula is C18H14N2O2S. The third-order valence-corrected chi connectivity index (χ3v) is 4.61. The normalized spacial score (nSPS) is 15.7. The zero-order valence-electron chi connectivity index (χ0n) is 12.2. The summed E-state index contributed by atoms with van der Waals surface area (Å²) in [5.41, 5.74) is 4.48. The van der Waals surface area contributed by atoms with Gasteiger partial charge in [-0.25, -0.2) is 4.98 Å². The van der Waals surface area contributed by atoms with Crippen molar-refractivity contribution in [3.63, 3.8) is 0 Å². The first kappa shape index (κ1) is 14.0. The lowest BCUT2D eigenvalue weighted by Gasteiger charge is -2.10. The molecule has 1 aromatic heterocycles. The Labute approximate surface area is 137 Å². The minimum absolute atomic E-state index is 0.0589. The first-order valence-corrected chi connectivity index (χ1v) is 8.22. The molecule has 114 valence electrons. The molecule has 5 heteroatoms. The summed E-state index contributed by atoms with van der Waals surface area (Å²) >= 11 is 1.43. The predicted octanol–water partition coefficient (Wildman–Crippen LogP) is 3.92. The Morgan fingerprint density at radius 1 is 1.13 bits per heavy atom. The lowest BCUT2D eigenvalue weighted by Crippen LogP contribution is -2.22. The molecule has 3 aromatic rings. The maximum absolute atomic E-state index is 12.6. The highest BCUT2D eigenvalue weighted by Crippen LogP contribution is 2.36. The molecule has 0 saturated heterocycles. The molecule has 23 heavy (non-hydrogen) atoms. The number of carbonyl (C=O) groups excluding carboxylic acids is 1. The van der Waals surface area contributed by atoms with Crippen molar-refractivity contribution >= 4 is 22.2 Å². The minimum Gasteiger partial charge on any atom is -0.492 e. The van der Waals surface area contributed by atoms with Gasteiger partial charge < -0.3 is 10.1 Å². The van der Waals surface area contributed by atoms with Gasteiger partial charge in [0.25, 0.3) is 0 Å². The van der Waals surface area contributed by atoms with E-state index in [0.717, 1.165) is 27.6 Å². The van der Waals surface area contributed by atoms with Crippen molar-refractivity contribution in [1.82, 2.24) is 4.98 Å². The van der Waals surface area contributed by atoms with Crippen LogP contribution in [0.1, 0.15) is 11.5 Å². The second-order valence-corrected chi connectivity index (χ2v) is 6.14. The minimum atomic E-state index is -0.281. The number of hydrogen-bond donors (Lipinski definition) is 1. The number of thiazole rings is 1. The van der Waals surface area contributed by atoms with Crippen LogP contribution >= 0.6 is 11.3 Å². The highest BCUT2D eigenvalue weighted by molar-refractivity contribution is 7.14. The first-order valence-electron chi connectivity index (χ1n) is 7.34. The van der Waals surface area contributed by atoms with Crippen LogP contribution in [0.2, 0.25) is 0 Å². The summed E-state index contributed by atoms with van der Waals surface area (Å²) in [5, 5.41) is 3.78. The van der Waals surface area contributed by atoms with E-state index in [4.69, 9.17) is 4.74 Å². The zero-order chi connectivity index (χ0) is 15.6. The molecule has 0 bridgehead atoms. The summed E-state index contributed by atoms with van der Waals surface area (Å²) in [6.07, 6.45) is 0. The van der Waals surface area contributed by atoms with E-state index >= 15 is 0 Å². The molecule has 0 radical (unpaired) electrons. The molecule has 0 fully saturated rings. The lowest BCUT2D eigenvalue weighted by molar-refractivity contribution is -0.117. The van der Waals surface area contributed by atoms with Gasteiger partial charge in [-0.15, -0.1) is 11.3 Å². The number of ether oxygens (including phenoxy) is 1. The summed E-state index contributed by atoms with van der Waals surface area (Å²) in [7, 11) is 0. The van der Waals surface area contributed by atoms with Crippen LogP contribution in [-0.4, -0.2) is 17.5 Å². The van der Waals surface area contributed by atoms with Gasteiger partial charge in [0, 0.05) is 11.1 Å². The number of benzene rings is 2. The fourth-order valence-electron chi connectivity index (χ4n) is 2.72. The molecule has 1 N–H and O–H groups in total. The third-order valence-electron chi connectivity index (χ3n) is 3.87. The molecule has 0 unspecified atom stereocenters. The Hall–Kier alpha value is -2.66. The zero-order valence-corrected chi connectivity index (χ0v) is 13.0. The van der Waals surface area contributed by atoms with Crippen molar-refractivity contribution in [3.8, 4) is 17.0 Å². The van der Waals surface area contributed by atoms with E-state index < -0.39 is 0 Å². The van der Waals surface area contributed by atoms with Crippen molar-refractivity contribution < 1.29 is 9.53 Å². The molecule has 2 aromatic carbocycles. The van der Waals surface area contributed by atoms with Crippen molar-refractivity contribution in [2.45, 2.75) is 5.92 Å². The van der Waals surface area contributed by atoms with Gasteiger partial charge in [0.05, 0.1) is 5.51 Å². The quantitative estimate of drug-likeness (QED) is 0.795. The van der Waals surface area contributed by atoms with Gasteiger partial charge in [0.1, 0.15) is 29.0 Å². The average Bonchev–Trinajstić information content (AvgIpc) is 3.22. The Kier molecular flexibility index (Phi) is 3.55. The molecule has 4 rings (SSSR count). The van der Waals surface area contributed by atoms with E-state index in [-0.39, 0.29) is 11.8 Å². The number of anilines is 1. The number of amides is 1. The fraction of sp³-hybridized carbons (Fsp3) is 0.111. The maximum Gasteiger partial charge on any atom is 0.236 e. The fourth-order valence-corrected chi connectivity index (χ4v) is 3.42. The maximum atomic E-state index is 12.6. The van der Waals surface area contributed by atoms with E-state index in [1.807, 2.05) is 54.6 Å². The summed E-state index contributed by atoms with van der Waals surface area (Å²) in [4.78, 5) is 17.0. The van der Waals surface area contributed by atoms with Crippen LogP contribution in [0.25, 0.3) is 11.3 Å². The van der Waals surface area contributed by atoms with Crippen molar-refractivity contribution in [1.29, 1.82) is 0 Å². The second kappa shape index (κ2) is 5.85. The summed E-state index contributed by atoms with van der Waals surface area (Å²) in [5.74, 6) is 0.452. The number of nitrogens with one attached hydrogen (secondary N) is 1. The average molecular weight is 322 g/mol. The number of fused-ring (bicyclic) bond motifs is 1. The molecular weight excluding hydrogens is 308 g/mol. The van der Waals surface area contributed by atoms with E-state index in [2.05, 4.69) is 10.3 Å². The van der Waals surface area contributed by atoms with Crippen LogP contribution < -0.4 is 10.1 Å². The Bertz CT molecular complexity index is 845. The number of aromatic nitrogens is 1. The van der Waals surface area contributed by atoms with Crippen molar-refractivity contribution in [2.24, 2.45) is 0 Å². The molecule has 1 aliphatic heterocycles. The molecule has 1 aliphatic rings. The number of rotatable bonds is 3. The first-order chi connectivity index (χ1) is 11.3. The summed E-state index contributed by atoms with van der Waals surface area (Å²) in [6, 6.07) is 17.5. The number of hydrogen-bond acceptors (Lipinski definition) is 4. The van der Waals surface area contributed by atoms with Crippen molar-refractivity contribution in [2.75, 3.05) is 11.9 Å². The summed E-state index contributed by atoms with van der Waals surface area (Å²) in [6.45, 7) is 0.380. The van der Waals surface area contributed by atoms with Gasteiger partial charge in [-0.3, -0.25) is 4.79 Å². The van der Waals surface area contributed by atoms with Gasteiger partial charge in [-0.1, -0.05) is 48.5 Å². The highest BCUT2D eigenvalue weighted by Gasteiger charge is 2.30. The largest absolute Gasteiger partial charge is 0.492 e. The Balaban J connectivity index is 1.58. The molecule has 1 atom stereocenters. The van der Waals surface area contributed by atoms with E-state index in [9.17, 15) is 4.79 Å². The molecule has 1 amide bonds. The van der Waals surface area contributed by atoms with Crippen LogP contribution in [0.4, 0.5) is 5.00 Å². The van der Waals surface area contributed by atoms with E-state index in [1.54, 1.807) is 5.51 Å². The van der Waals surface area contributed by atoms with Crippen LogP contribution in [0, 0.1) is 0 Å². The van der Waals surface area contributed by atoms with E-state index in [1.165, 1.54) is 11.3 Å².